The van der Waals surface area contributed by atoms with Crippen LogP contribution in [0.3, 0.4) is 0 Å². The summed E-state index contributed by atoms with van der Waals surface area (Å²) in [6.45, 7) is -0.198. The van der Waals surface area contributed by atoms with Crippen molar-refractivity contribution in [1.82, 2.24) is 0 Å². The topological polar surface area (TPSA) is 89.4 Å². The van der Waals surface area contributed by atoms with Gasteiger partial charge in [0.05, 0.1) is 17.6 Å². The van der Waals surface area contributed by atoms with Gasteiger partial charge in [-0.15, -0.1) is 0 Å². The maximum absolute atomic E-state index is 10.4. The summed E-state index contributed by atoms with van der Waals surface area (Å²) in [4.78, 5) is 9.92. The lowest BCUT2D eigenvalue weighted by Gasteiger charge is -2.09. The number of hydrogen-bond donors (Lipinski definition) is 2. The molecule has 1 aromatic carbocycles. The molecule has 0 aliphatic rings. The van der Waals surface area contributed by atoms with Gasteiger partial charge in [-0.2, -0.15) is 0 Å². The highest BCUT2D eigenvalue weighted by molar-refractivity contribution is 9.10. The summed E-state index contributed by atoms with van der Waals surface area (Å²) in [5.74, 6) is 0. The molecule has 5 nitrogen and oxygen atoms in total. The van der Waals surface area contributed by atoms with Crippen LogP contribution in [0.4, 0.5) is 5.69 Å². The van der Waals surface area contributed by atoms with Crippen LogP contribution in [0.1, 0.15) is 11.6 Å². The van der Waals surface area contributed by atoms with Gasteiger partial charge in [-0.1, -0.05) is 15.9 Å². The van der Waals surface area contributed by atoms with E-state index in [0.717, 1.165) is 0 Å². The molecule has 1 rings (SSSR count). The van der Waals surface area contributed by atoms with E-state index in [9.17, 15) is 10.1 Å². The Hall–Kier alpha value is -0.980. The van der Waals surface area contributed by atoms with Crippen LogP contribution < -0.4 is 5.73 Å². The molecule has 0 saturated heterocycles. The molecule has 0 amide bonds. The monoisotopic (exact) mass is 260 g/mol. The van der Waals surface area contributed by atoms with E-state index in [2.05, 4.69) is 15.9 Å². The molecule has 0 radical (unpaired) electrons. The molecule has 1 aromatic rings. The summed E-state index contributed by atoms with van der Waals surface area (Å²) >= 11 is 3.16. The highest BCUT2D eigenvalue weighted by atomic mass is 79.9. The number of non-ortho nitro benzene ring substituents is 1. The van der Waals surface area contributed by atoms with Crippen molar-refractivity contribution in [3.05, 3.63) is 38.3 Å². The third-order valence-electron chi connectivity index (χ3n) is 1.79. The number of aliphatic hydroxyl groups is 1. The molecule has 3 N–H and O–H groups in total. The summed E-state index contributed by atoms with van der Waals surface area (Å²) in [5, 5.41) is 19.2. The molecule has 0 heterocycles. The average Bonchev–Trinajstić information content (AvgIpc) is 2.16. The second kappa shape index (κ2) is 4.50. The smallest absolute Gasteiger partial charge is 0.270 e. The normalized spacial score (nSPS) is 12.5. The van der Waals surface area contributed by atoms with Crippen LogP contribution in [0, 0.1) is 10.1 Å². The number of nitro groups is 1. The van der Waals surface area contributed by atoms with Gasteiger partial charge in [0.2, 0.25) is 0 Å². The number of benzene rings is 1. The Morgan fingerprint density at radius 1 is 1.64 bits per heavy atom. The molecule has 0 bridgehead atoms. The van der Waals surface area contributed by atoms with Crippen LogP contribution in [0.2, 0.25) is 0 Å². The van der Waals surface area contributed by atoms with Gasteiger partial charge in [0.15, 0.2) is 0 Å². The molecular formula is C8H9BrN2O3. The minimum atomic E-state index is -0.523. The zero-order valence-electron chi connectivity index (χ0n) is 7.18. The molecule has 0 aliphatic carbocycles. The second-order valence-electron chi connectivity index (χ2n) is 2.75. The molecule has 6 heteroatoms. The number of halogens is 1. The predicted octanol–water partition coefficient (Wildman–Crippen LogP) is 1.35. The van der Waals surface area contributed by atoms with E-state index < -0.39 is 11.0 Å². The summed E-state index contributed by atoms with van der Waals surface area (Å²) in [5.41, 5.74) is 6.21. The van der Waals surface area contributed by atoms with Gasteiger partial charge in [0.1, 0.15) is 0 Å². The van der Waals surface area contributed by atoms with Gasteiger partial charge < -0.3 is 10.8 Å². The second-order valence-corrected chi connectivity index (χ2v) is 3.61. The van der Waals surface area contributed by atoms with E-state index in [-0.39, 0.29) is 12.3 Å². The van der Waals surface area contributed by atoms with Gasteiger partial charge >= 0.3 is 0 Å². The molecule has 0 aromatic heterocycles. The molecule has 76 valence electrons. The molecule has 0 fully saturated rings. The fourth-order valence-corrected chi connectivity index (χ4v) is 1.69. The lowest BCUT2D eigenvalue weighted by Crippen LogP contribution is -2.14. The van der Waals surface area contributed by atoms with Crippen LogP contribution in [0.5, 0.6) is 0 Å². The van der Waals surface area contributed by atoms with Crippen LogP contribution in [0.15, 0.2) is 22.7 Å². The largest absolute Gasteiger partial charge is 0.394 e. The van der Waals surface area contributed by atoms with Gasteiger partial charge in [-0.05, 0) is 11.6 Å². The SMILES string of the molecule is N[C@H](CO)c1ccc([N+](=O)[O-])cc1Br. The van der Waals surface area contributed by atoms with E-state index in [0.29, 0.717) is 10.0 Å². The average molecular weight is 261 g/mol. The molecule has 0 saturated carbocycles. The van der Waals surface area contributed by atoms with Gasteiger partial charge in [-0.3, -0.25) is 10.1 Å². The van der Waals surface area contributed by atoms with E-state index in [1.807, 2.05) is 0 Å². The van der Waals surface area contributed by atoms with Crippen molar-refractivity contribution in [2.45, 2.75) is 6.04 Å². The van der Waals surface area contributed by atoms with E-state index in [1.54, 1.807) is 0 Å². The Morgan fingerprint density at radius 3 is 2.71 bits per heavy atom. The van der Waals surface area contributed by atoms with E-state index in [4.69, 9.17) is 10.8 Å². The minimum absolute atomic E-state index is 0.00855. The van der Waals surface area contributed by atoms with Crippen molar-refractivity contribution in [3.63, 3.8) is 0 Å². The minimum Gasteiger partial charge on any atom is -0.394 e. The van der Waals surface area contributed by atoms with Crippen LogP contribution in [-0.2, 0) is 0 Å². The first-order chi connectivity index (χ1) is 6.56. The standard InChI is InChI=1S/C8H9BrN2O3/c9-7-3-5(11(13)14)1-2-6(7)8(10)4-12/h1-3,8,12H,4,10H2/t8-/m1/s1. The number of hydrogen-bond acceptors (Lipinski definition) is 4. The lowest BCUT2D eigenvalue weighted by molar-refractivity contribution is -0.384. The number of nitro benzene ring substituents is 1. The zero-order chi connectivity index (χ0) is 10.7. The summed E-state index contributed by atoms with van der Waals surface area (Å²) < 4.78 is 0.535. The number of nitrogens with two attached hydrogens (primary N) is 1. The third kappa shape index (κ3) is 2.28. The molecular weight excluding hydrogens is 252 g/mol. The third-order valence-corrected chi connectivity index (χ3v) is 2.48. The Morgan fingerprint density at radius 2 is 2.29 bits per heavy atom. The quantitative estimate of drug-likeness (QED) is 0.634. The van der Waals surface area contributed by atoms with Crippen LogP contribution in [0.25, 0.3) is 0 Å². The van der Waals surface area contributed by atoms with Gasteiger partial charge in [-0.25, -0.2) is 0 Å². The van der Waals surface area contributed by atoms with Crippen molar-refractivity contribution in [1.29, 1.82) is 0 Å². The first-order valence-electron chi connectivity index (χ1n) is 3.86. The summed E-state index contributed by atoms with van der Waals surface area (Å²) in [7, 11) is 0. The van der Waals surface area contributed by atoms with Crippen molar-refractivity contribution in [2.24, 2.45) is 5.73 Å². The predicted molar refractivity (Wildman–Crippen MR) is 54.8 cm³/mol. The maximum Gasteiger partial charge on any atom is 0.270 e. The van der Waals surface area contributed by atoms with Crippen molar-refractivity contribution in [2.75, 3.05) is 6.61 Å². The highest BCUT2D eigenvalue weighted by Gasteiger charge is 2.13. The number of nitrogens with zero attached hydrogens (tertiary/aromatic N) is 1. The summed E-state index contributed by atoms with van der Waals surface area (Å²) in [6, 6.07) is 3.73. The van der Waals surface area contributed by atoms with Crippen LogP contribution in [-0.4, -0.2) is 16.6 Å². The molecule has 1 atom stereocenters. The Bertz CT molecular complexity index is 356. The van der Waals surface area contributed by atoms with Crippen molar-refractivity contribution < 1.29 is 10.0 Å². The van der Waals surface area contributed by atoms with Crippen molar-refractivity contribution in [3.8, 4) is 0 Å². The zero-order valence-corrected chi connectivity index (χ0v) is 8.77. The molecule has 0 spiro atoms. The first-order valence-corrected chi connectivity index (χ1v) is 4.66. The number of aliphatic hydroxyl groups excluding tert-OH is 1. The Labute approximate surface area is 88.8 Å². The van der Waals surface area contributed by atoms with E-state index >= 15 is 0 Å². The lowest BCUT2D eigenvalue weighted by atomic mass is 10.1. The van der Waals surface area contributed by atoms with Crippen LogP contribution >= 0.6 is 15.9 Å². The molecule has 0 aliphatic heterocycles. The van der Waals surface area contributed by atoms with Crippen molar-refractivity contribution >= 4 is 21.6 Å². The molecule has 14 heavy (non-hydrogen) atoms. The van der Waals surface area contributed by atoms with Gasteiger partial charge in [0, 0.05) is 16.6 Å². The summed E-state index contributed by atoms with van der Waals surface area (Å²) in [6.07, 6.45) is 0. The van der Waals surface area contributed by atoms with E-state index in [1.165, 1.54) is 18.2 Å². The fourth-order valence-electron chi connectivity index (χ4n) is 1.03. The fraction of sp³-hybridized carbons (Fsp3) is 0.250. The Balaban J connectivity index is 3.07. The maximum atomic E-state index is 10.4. The Kier molecular flexibility index (Phi) is 3.56. The number of rotatable bonds is 3. The van der Waals surface area contributed by atoms with Gasteiger partial charge in [0.25, 0.3) is 5.69 Å². The highest BCUT2D eigenvalue weighted by Crippen LogP contribution is 2.26. The molecule has 0 unspecified atom stereocenters. The first kappa shape index (κ1) is 11.1.